The summed E-state index contributed by atoms with van der Waals surface area (Å²) < 4.78 is 81.2. The molecular weight excluding hydrogens is 617 g/mol. The van der Waals surface area contributed by atoms with Gasteiger partial charge in [-0.3, -0.25) is 4.79 Å². The van der Waals surface area contributed by atoms with E-state index in [4.69, 9.17) is 10.5 Å². The zero-order chi connectivity index (χ0) is 32.2. The number of rotatable bonds is 6. The Hall–Kier alpha value is -4.29. The molecule has 2 aliphatic heterocycles. The highest BCUT2D eigenvalue weighted by Crippen LogP contribution is 2.46. The number of nitrogens with two attached hydrogens (primary N) is 1. The molecular formula is C30H28F5N7O2S. The quantitative estimate of drug-likeness (QED) is 0.233. The standard InChI is InChI=1S/C30H28F5N7O2S/c1-4-6-21(43)42-12-16(13-42)41(3)27-18-11-19(30(33,34)35)22(17-8-9-20(31)26-25(17)37-28(36)45-26)23(32)24(18)38-29(39-27)44-14-15-7-5-10-40(15)2/h8-9,11,15-16H,5,7,10,12-14H2,1-3H3,(H2,36,37). The zero-order valence-electron chi connectivity index (χ0n) is 24.5. The highest BCUT2D eigenvalue weighted by Gasteiger charge is 2.40. The van der Waals surface area contributed by atoms with Gasteiger partial charge in [-0.25, -0.2) is 13.8 Å². The van der Waals surface area contributed by atoms with Crippen LogP contribution in [-0.2, 0) is 11.0 Å². The lowest BCUT2D eigenvalue weighted by Gasteiger charge is -2.43. The summed E-state index contributed by atoms with van der Waals surface area (Å²) in [7, 11) is 3.56. The molecule has 0 saturated carbocycles. The number of carbonyl (C=O) groups is 1. The van der Waals surface area contributed by atoms with Crippen molar-refractivity contribution in [1.82, 2.24) is 24.8 Å². The lowest BCUT2D eigenvalue weighted by molar-refractivity contribution is -0.137. The molecule has 6 rings (SSSR count). The van der Waals surface area contributed by atoms with Crippen LogP contribution >= 0.6 is 11.3 Å². The Balaban J connectivity index is 1.52. The third-order valence-corrected chi connectivity index (χ3v) is 9.21. The van der Waals surface area contributed by atoms with Crippen molar-refractivity contribution in [3.05, 3.63) is 35.4 Å². The molecule has 9 nitrogen and oxygen atoms in total. The van der Waals surface area contributed by atoms with Gasteiger partial charge < -0.3 is 25.2 Å². The average molecular weight is 646 g/mol. The number of carbonyl (C=O) groups excluding carboxylic acids is 1. The van der Waals surface area contributed by atoms with Crippen LogP contribution in [0.25, 0.3) is 32.2 Å². The first-order chi connectivity index (χ1) is 21.4. The first-order valence-electron chi connectivity index (χ1n) is 14.1. The molecule has 2 aliphatic rings. The Morgan fingerprint density at radius 1 is 1.20 bits per heavy atom. The van der Waals surface area contributed by atoms with Crippen molar-refractivity contribution in [1.29, 1.82) is 0 Å². The smallest absolute Gasteiger partial charge is 0.417 e. The van der Waals surface area contributed by atoms with E-state index >= 15 is 4.39 Å². The second kappa shape index (κ2) is 11.6. The molecule has 4 aromatic rings. The summed E-state index contributed by atoms with van der Waals surface area (Å²) in [6, 6.07) is 2.32. The largest absolute Gasteiger partial charge is 0.462 e. The number of hydrogen-bond donors (Lipinski definition) is 1. The highest BCUT2D eigenvalue weighted by atomic mass is 32.1. The Bertz CT molecular complexity index is 1880. The number of ether oxygens (including phenoxy) is 1. The number of thiazole rings is 1. The minimum Gasteiger partial charge on any atom is -0.462 e. The van der Waals surface area contributed by atoms with Crippen LogP contribution in [-0.4, -0.2) is 83.1 Å². The molecule has 45 heavy (non-hydrogen) atoms. The molecule has 1 amide bonds. The Morgan fingerprint density at radius 3 is 2.62 bits per heavy atom. The van der Waals surface area contributed by atoms with Crippen molar-refractivity contribution in [3.8, 4) is 29.0 Å². The summed E-state index contributed by atoms with van der Waals surface area (Å²) in [5.74, 6) is 2.62. The number of benzene rings is 2. The fraction of sp³-hybridized carbons (Fsp3) is 0.400. The molecule has 1 atom stereocenters. The van der Waals surface area contributed by atoms with Gasteiger partial charge in [-0.05, 0) is 57.5 Å². The number of aromatic nitrogens is 3. The molecule has 0 bridgehead atoms. The van der Waals surface area contributed by atoms with E-state index < -0.39 is 34.5 Å². The summed E-state index contributed by atoms with van der Waals surface area (Å²) in [5.41, 5.74) is 2.74. The van der Waals surface area contributed by atoms with Crippen LogP contribution in [0.15, 0.2) is 18.2 Å². The summed E-state index contributed by atoms with van der Waals surface area (Å²) in [6.45, 7) is 3.10. The van der Waals surface area contributed by atoms with Gasteiger partial charge in [-0.2, -0.15) is 23.1 Å². The van der Waals surface area contributed by atoms with Gasteiger partial charge in [0.25, 0.3) is 5.91 Å². The van der Waals surface area contributed by atoms with Crippen LogP contribution in [0.4, 0.5) is 32.9 Å². The van der Waals surface area contributed by atoms with E-state index in [0.29, 0.717) is 0 Å². The molecule has 236 valence electrons. The number of fused-ring (bicyclic) bond motifs is 2. The van der Waals surface area contributed by atoms with Gasteiger partial charge in [0.05, 0.1) is 21.8 Å². The van der Waals surface area contributed by atoms with E-state index in [1.54, 1.807) is 18.9 Å². The van der Waals surface area contributed by atoms with Gasteiger partial charge in [-0.1, -0.05) is 17.3 Å². The minimum absolute atomic E-state index is 0.00607. The number of nitrogen functional groups attached to an aromatic ring is 1. The number of anilines is 2. The van der Waals surface area contributed by atoms with Crippen molar-refractivity contribution < 1.29 is 31.5 Å². The van der Waals surface area contributed by atoms with Crippen molar-refractivity contribution in [2.24, 2.45) is 0 Å². The molecule has 2 fully saturated rings. The Morgan fingerprint density at radius 2 is 1.96 bits per heavy atom. The third kappa shape index (κ3) is 5.57. The second-order valence-electron chi connectivity index (χ2n) is 11.1. The van der Waals surface area contributed by atoms with Gasteiger partial charge >= 0.3 is 12.2 Å². The van der Waals surface area contributed by atoms with Crippen molar-refractivity contribution in [2.45, 2.75) is 38.0 Å². The molecule has 0 aliphatic carbocycles. The van der Waals surface area contributed by atoms with E-state index in [1.807, 2.05) is 7.05 Å². The third-order valence-electron chi connectivity index (χ3n) is 8.32. The molecule has 15 heteroatoms. The SMILES string of the molecule is CC#CC(=O)N1CC(N(C)c2nc(OCC3CCCN3C)nc3c(F)c(-c4ccc(F)c5sc(N)nc45)c(C(F)(F)F)cc23)C1. The van der Waals surface area contributed by atoms with Crippen LogP contribution in [0.2, 0.25) is 0 Å². The Labute approximate surface area is 258 Å². The van der Waals surface area contributed by atoms with Crippen molar-refractivity contribution in [3.63, 3.8) is 0 Å². The topological polar surface area (TPSA) is 101 Å². The maximum absolute atomic E-state index is 16.7. The Kier molecular flexibility index (Phi) is 7.90. The predicted molar refractivity (Wildman–Crippen MR) is 161 cm³/mol. The van der Waals surface area contributed by atoms with Crippen LogP contribution < -0.4 is 15.4 Å². The van der Waals surface area contributed by atoms with E-state index in [-0.39, 0.29) is 75.8 Å². The second-order valence-corrected chi connectivity index (χ2v) is 12.1. The molecule has 0 spiro atoms. The van der Waals surface area contributed by atoms with Gasteiger partial charge in [0.2, 0.25) is 0 Å². The molecule has 2 saturated heterocycles. The summed E-state index contributed by atoms with van der Waals surface area (Å²) >= 11 is 0.751. The highest BCUT2D eigenvalue weighted by molar-refractivity contribution is 7.22. The maximum atomic E-state index is 16.7. The number of halogens is 5. The van der Waals surface area contributed by atoms with Gasteiger partial charge in [0.15, 0.2) is 10.9 Å². The maximum Gasteiger partial charge on any atom is 0.417 e. The van der Waals surface area contributed by atoms with Crippen LogP contribution in [0.5, 0.6) is 6.01 Å². The average Bonchev–Trinajstić information content (AvgIpc) is 3.56. The van der Waals surface area contributed by atoms with E-state index in [0.717, 1.165) is 48.9 Å². The number of likely N-dealkylation sites (tertiary alicyclic amines) is 2. The number of amides is 1. The predicted octanol–water partition coefficient (Wildman–Crippen LogP) is 4.93. The fourth-order valence-electron chi connectivity index (χ4n) is 5.79. The molecule has 4 heterocycles. The molecule has 2 aromatic heterocycles. The number of nitrogens with zero attached hydrogens (tertiary/aromatic N) is 6. The lowest BCUT2D eigenvalue weighted by Crippen LogP contribution is -2.60. The molecule has 2 aromatic carbocycles. The normalized spacial score (nSPS) is 17.4. The van der Waals surface area contributed by atoms with Crippen LogP contribution in [0.1, 0.15) is 25.3 Å². The van der Waals surface area contributed by atoms with Crippen LogP contribution in [0.3, 0.4) is 0 Å². The van der Waals surface area contributed by atoms with E-state index in [2.05, 4.69) is 31.7 Å². The molecule has 1 unspecified atom stereocenters. The molecule has 2 N–H and O–H groups in total. The van der Waals surface area contributed by atoms with Crippen molar-refractivity contribution in [2.75, 3.05) is 51.0 Å². The monoisotopic (exact) mass is 645 g/mol. The first kappa shape index (κ1) is 30.7. The molecule has 0 radical (unpaired) electrons. The van der Waals surface area contributed by atoms with Crippen molar-refractivity contribution >= 4 is 49.3 Å². The van der Waals surface area contributed by atoms with E-state index in [9.17, 15) is 22.4 Å². The zero-order valence-corrected chi connectivity index (χ0v) is 25.3. The lowest BCUT2D eigenvalue weighted by atomic mass is 9.95. The van der Waals surface area contributed by atoms with Gasteiger partial charge in [-0.15, -0.1) is 0 Å². The van der Waals surface area contributed by atoms with E-state index in [1.165, 1.54) is 4.90 Å². The number of hydrogen-bond acceptors (Lipinski definition) is 9. The summed E-state index contributed by atoms with van der Waals surface area (Å²) in [4.78, 5) is 30.1. The number of alkyl halides is 3. The van der Waals surface area contributed by atoms with Gasteiger partial charge in [0.1, 0.15) is 23.8 Å². The number of likely N-dealkylation sites (N-methyl/N-ethyl adjacent to an activating group) is 2. The summed E-state index contributed by atoms with van der Waals surface area (Å²) in [5, 5.41) is -0.284. The van der Waals surface area contributed by atoms with Crippen LogP contribution in [0, 0.1) is 23.5 Å². The fourth-order valence-corrected chi connectivity index (χ4v) is 6.55. The first-order valence-corrected chi connectivity index (χ1v) is 14.9. The summed E-state index contributed by atoms with van der Waals surface area (Å²) in [6.07, 6.45) is -3.18. The minimum atomic E-state index is -5.02. The van der Waals surface area contributed by atoms with Gasteiger partial charge in [0, 0.05) is 42.7 Å².